The van der Waals surface area contributed by atoms with E-state index in [0.29, 0.717) is 0 Å². The van der Waals surface area contributed by atoms with Crippen LogP contribution in [0.15, 0.2) is 60.9 Å². The molecule has 0 saturated carbocycles. The van der Waals surface area contributed by atoms with E-state index in [1.807, 2.05) is 56.5 Å². The Morgan fingerprint density at radius 2 is 2.11 bits per heavy atom. The summed E-state index contributed by atoms with van der Waals surface area (Å²) in [5.74, 6) is 0. The number of anilines is 1. The first-order valence-electron chi connectivity index (χ1n) is 6.43. The Hall–Kier alpha value is -2.22. The van der Waals surface area contributed by atoms with Gasteiger partial charge < -0.3 is 10.6 Å². The second-order valence-electron chi connectivity index (χ2n) is 4.64. The van der Waals surface area contributed by atoms with Crippen molar-refractivity contribution in [2.45, 2.75) is 13.0 Å². The molecule has 0 aliphatic carbocycles. The maximum absolute atomic E-state index is 6.30. The lowest BCUT2D eigenvalue weighted by molar-refractivity contribution is 0.375. The summed E-state index contributed by atoms with van der Waals surface area (Å²) in [7, 11) is 2.04. The highest BCUT2D eigenvalue weighted by molar-refractivity contribution is 5.68. The third kappa shape index (κ3) is 2.63. The van der Waals surface area contributed by atoms with Gasteiger partial charge in [0.05, 0.1) is 6.04 Å². The van der Waals surface area contributed by atoms with Crippen LogP contribution in [-0.4, -0.2) is 11.9 Å². The zero-order chi connectivity index (χ0) is 13.8. The van der Waals surface area contributed by atoms with Crippen LogP contribution >= 0.6 is 0 Å². The molecule has 1 aliphatic rings. The van der Waals surface area contributed by atoms with Crippen molar-refractivity contribution < 1.29 is 0 Å². The summed E-state index contributed by atoms with van der Waals surface area (Å²) in [5.41, 5.74) is 10.3. The van der Waals surface area contributed by atoms with Crippen LogP contribution in [0, 0.1) is 0 Å². The summed E-state index contributed by atoms with van der Waals surface area (Å²) >= 11 is 0. The topological polar surface area (TPSA) is 29.3 Å². The molecule has 0 radical (unpaired) electrons. The fraction of sp³-hybridized carbons (Fsp3) is 0.176. The van der Waals surface area contributed by atoms with Gasteiger partial charge in [0.15, 0.2) is 0 Å². The number of nitrogen functional groups attached to an aromatic ring is 1. The van der Waals surface area contributed by atoms with E-state index in [0.717, 1.165) is 22.5 Å². The van der Waals surface area contributed by atoms with Crippen molar-refractivity contribution in [3.05, 3.63) is 72.0 Å². The third-order valence-electron chi connectivity index (χ3n) is 3.40. The highest BCUT2D eigenvalue weighted by Gasteiger charge is 2.18. The molecule has 2 heteroatoms. The monoisotopic (exact) mass is 252 g/mol. The van der Waals surface area contributed by atoms with E-state index in [4.69, 9.17) is 5.73 Å². The van der Waals surface area contributed by atoms with Gasteiger partial charge in [-0.2, -0.15) is 0 Å². The van der Waals surface area contributed by atoms with E-state index in [2.05, 4.69) is 23.6 Å². The van der Waals surface area contributed by atoms with Gasteiger partial charge in [-0.25, -0.2) is 0 Å². The molecule has 0 fully saturated rings. The number of allylic oxidation sites excluding steroid dienone is 4. The normalized spacial score (nSPS) is 19.2. The van der Waals surface area contributed by atoms with Gasteiger partial charge in [0.25, 0.3) is 0 Å². The molecule has 1 aromatic carbocycles. The molecular formula is C17H20N2. The molecule has 1 aromatic rings. The lowest BCUT2D eigenvalue weighted by Crippen LogP contribution is -2.21. The standard InChI is InChI=1S/C17H20N2/c1-4-8-14-10-7-11-15(17(14)18)16-12-6-5-9-13(2)19(16)3/h4-12,16H,2,18H2,1,3H3/b8-4-. The number of benzene rings is 1. The van der Waals surface area contributed by atoms with Crippen molar-refractivity contribution >= 4 is 11.8 Å². The number of hydrogen-bond donors (Lipinski definition) is 1. The number of rotatable bonds is 2. The molecule has 0 spiro atoms. The summed E-state index contributed by atoms with van der Waals surface area (Å²) in [6.45, 7) is 6.06. The molecule has 0 amide bonds. The zero-order valence-electron chi connectivity index (χ0n) is 11.5. The highest BCUT2D eigenvalue weighted by atomic mass is 15.1. The Kier molecular flexibility index (Phi) is 3.91. The van der Waals surface area contributed by atoms with Crippen LogP contribution < -0.4 is 5.73 Å². The summed E-state index contributed by atoms with van der Waals surface area (Å²) in [4.78, 5) is 2.13. The second kappa shape index (κ2) is 5.61. The molecule has 2 nitrogen and oxygen atoms in total. The van der Waals surface area contributed by atoms with E-state index >= 15 is 0 Å². The molecule has 0 saturated heterocycles. The Morgan fingerprint density at radius 1 is 1.32 bits per heavy atom. The minimum absolute atomic E-state index is 0.118. The highest BCUT2D eigenvalue weighted by Crippen LogP contribution is 2.32. The van der Waals surface area contributed by atoms with E-state index < -0.39 is 0 Å². The van der Waals surface area contributed by atoms with Crippen molar-refractivity contribution in [2.24, 2.45) is 0 Å². The fourth-order valence-corrected chi connectivity index (χ4v) is 2.26. The molecule has 0 bridgehead atoms. The van der Waals surface area contributed by atoms with Crippen molar-refractivity contribution in [2.75, 3.05) is 12.8 Å². The average Bonchev–Trinajstić information content (AvgIpc) is 2.56. The lowest BCUT2D eigenvalue weighted by atomic mass is 9.99. The van der Waals surface area contributed by atoms with Gasteiger partial charge in [0.2, 0.25) is 0 Å². The Labute approximate surface area is 115 Å². The van der Waals surface area contributed by atoms with Gasteiger partial charge in [-0.15, -0.1) is 0 Å². The van der Waals surface area contributed by atoms with Gasteiger partial charge in [-0.1, -0.05) is 55.2 Å². The molecule has 1 heterocycles. The Morgan fingerprint density at radius 3 is 2.84 bits per heavy atom. The molecular weight excluding hydrogens is 232 g/mol. The first kappa shape index (κ1) is 13.2. The molecule has 1 unspecified atom stereocenters. The smallest absolute Gasteiger partial charge is 0.0746 e. The molecule has 2 rings (SSSR count). The van der Waals surface area contributed by atoms with Gasteiger partial charge in [-0.05, 0) is 18.6 Å². The maximum Gasteiger partial charge on any atom is 0.0746 e. The van der Waals surface area contributed by atoms with E-state index in [9.17, 15) is 0 Å². The third-order valence-corrected chi connectivity index (χ3v) is 3.40. The van der Waals surface area contributed by atoms with Crippen LogP contribution in [0.25, 0.3) is 6.08 Å². The van der Waals surface area contributed by atoms with Crippen molar-refractivity contribution in [3.63, 3.8) is 0 Å². The zero-order valence-corrected chi connectivity index (χ0v) is 11.5. The van der Waals surface area contributed by atoms with Crippen LogP contribution in [-0.2, 0) is 0 Å². The lowest BCUT2D eigenvalue weighted by Gasteiger charge is -2.28. The van der Waals surface area contributed by atoms with Crippen LogP contribution in [0.2, 0.25) is 0 Å². The largest absolute Gasteiger partial charge is 0.398 e. The van der Waals surface area contributed by atoms with Crippen molar-refractivity contribution in [1.29, 1.82) is 0 Å². The molecule has 1 aliphatic heterocycles. The summed E-state index contributed by atoms with van der Waals surface area (Å²) in [6.07, 6.45) is 12.2. The van der Waals surface area contributed by atoms with Crippen molar-refractivity contribution in [3.8, 4) is 0 Å². The second-order valence-corrected chi connectivity index (χ2v) is 4.64. The first-order valence-corrected chi connectivity index (χ1v) is 6.43. The summed E-state index contributed by atoms with van der Waals surface area (Å²) in [6, 6.07) is 6.27. The summed E-state index contributed by atoms with van der Waals surface area (Å²) < 4.78 is 0. The Bertz CT molecular complexity index is 565. The number of likely N-dealkylation sites (N-methyl/N-ethyl adjacent to an activating group) is 1. The van der Waals surface area contributed by atoms with E-state index in [1.165, 1.54) is 0 Å². The Balaban J connectivity index is 2.46. The van der Waals surface area contributed by atoms with Crippen LogP contribution in [0.5, 0.6) is 0 Å². The first-order chi connectivity index (χ1) is 9.15. The van der Waals surface area contributed by atoms with Crippen LogP contribution in [0.4, 0.5) is 5.69 Å². The number of nitrogens with zero attached hydrogens (tertiary/aromatic N) is 1. The van der Waals surface area contributed by atoms with Gasteiger partial charge in [0.1, 0.15) is 0 Å². The molecule has 19 heavy (non-hydrogen) atoms. The minimum atomic E-state index is 0.118. The molecule has 98 valence electrons. The average molecular weight is 252 g/mol. The maximum atomic E-state index is 6.30. The van der Waals surface area contributed by atoms with E-state index in [1.54, 1.807) is 0 Å². The van der Waals surface area contributed by atoms with Gasteiger partial charge >= 0.3 is 0 Å². The predicted molar refractivity (Wildman–Crippen MR) is 83.5 cm³/mol. The molecule has 1 atom stereocenters. The van der Waals surface area contributed by atoms with Gasteiger partial charge in [0, 0.05) is 24.0 Å². The predicted octanol–water partition coefficient (Wildman–Crippen LogP) is 3.91. The fourth-order valence-electron chi connectivity index (χ4n) is 2.26. The number of para-hydroxylation sites is 1. The SMILES string of the molecule is C=C1C=CC=CC(c2cccc(/C=C\C)c2N)N1C. The summed E-state index contributed by atoms with van der Waals surface area (Å²) in [5, 5.41) is 0. The quantitative estimate of drug-likeness (QED) is 0.808. The number of hydrogen-bond acceptors (Lipinski definition) is 2. The molecule has 2 N–H and O–H groups in total. The number of nitrogens with two attached hydrogens (primary N) is 1. The van der Waals surface area contributed by atoms with Crippen LogP contribution in [0.3, 0.4) is 0 Å². The van der Waals surface area contributed by atoms with Crippen molar-refractivity contribution in [1.82, 2.24) is 4.90 Å². The van der Waals surface area contributed by atoms with Crippen LogP contribution in [0.1, 0.15) is 24.1 Å². The molecule has 0 aromatic heterocycles. The minimum Gasteiger partial charge on any atom is -0.398 e. The van der Waals surface area contributed by atoms with E-state index in [-0.39, 0.29) is 6.04 Å². The van der Waals surface area contributed by atoms with Gasteiger partial charge in [-0.3, -0.25) is 0 Å².